The molecule has 107 valence electrons. The second-order valence-corrected chi connectivity index (χ2v) is 3.26. The molecule has 0 spiro atoms. The van der Waals surface area contributed by atoms with Gasteiger partial charge in [-0.05, 0) is 18.6 Å². The van der Waals surface area contributed by atoms with Crippen molar-refractivity contribution in [2.75, 3.05) is 13.1 Å². The van der Waals surface area contributed by atoms with Crippen molar-refractivity contribution in [1.82, 2.24) is 0 Å². The maximum absolute atomic E-state index is 11.7. The summed E-state index contributed by atoms with van der Waals surface area (Å²) in [5.74, 6) is -0.0196. The zero-order valence-corrected chi connectivity index (χ0v) is 11.3. The smallest absolute Gasteiger partial charge is 0.872 e. The standard InChI is InChI=1S/C12H16N2O.Cu.HNO2/c1-10(14-8-7-13)9-12(15)11-5-3-2-4-6-11;;2-1-3/h2-6,9,15H,7-8,13H2,1H3;;(H,2,3)/q;+2;/p-2/b12-9-,14-10?;;. The van der Waals surface area contributed by atoms with Gasteiger partial charge in [0.15, 0.2) is 0 Å². The van der Waals surface area contributed by atoms with Crippen LogP contribution in [0.25, 0.3) is 5.76 Å². The van der Waals surface area contributed by atoms with Crippen molar-refractivity contribution < 1.29 is 22.2 Å². The molecule has 2 N–H and O–H groups in total. The van der Waals surface area contributed by atoms with Crippen LogP contribution in [-0.2, 0) is 17.1 Å². The van der Waals surface area contributed by atoms with Crippen molar-refractivity contribution in [3.8, 4) is 0 Å². The van der Waals surface area contributed by atoms with Crippen molar-refractivity contribution in [1.29, 1.82) is 0 Å². The van der Waals surface area contributed by atoms with Crippen LogP contribution >= 0.6 is 0 Å². The molecule has 0 amide bonds. The predicted octanol–water partition coefficient (Wildman–Crippen LogP) is 1.06. The second kappa shape index (κ2) is 12.8. The van der Waals surface area contributed by atoms with Gasteiger partial charge in [0.05, 0.1) is 6.54 Å². The molecule has 1 rings (SSSR count). The summed E-state index contributed by atoms with van der Waals surface area (Å²) in [6.07, 6.45) is 1.53. The summed E-state index contributed by atoms with van der Waals surface area (Å²) in [6, 6.07) is 9.14. The second-order valence-electron chi connectivity index (χ2n) is 3.26. The molecule has 0 fully saturated rings. The first-order valence-electron chi connectivity index (χ1n) is 5.26. The van der Waals surface area contributed by atoms with E-state index in [0.717, 1.165) is 5.34 Å². The molecule has 1 aromatic rings. The Hall–Kier alpha value is -1.69. The van der Waals surface area contributed by atoms with Gasteiger partial charge in [0.2, 0.25) is 0 Å². The summed E-state index contributed by atoms with van der Waals surface area (Å²) < 4.78 is 0. The molecule has 7 heteroatoms. The Morgan fingerprint density at radius 3 is 2.37 bits per heavy atom. The molecule has 1 aromatic carbocycles. The monoisotopic (exact) mass is 312 g/mol. The first-order valence-corrected chi connectivity index (χ1v) is 5.26. The SMILES string of the molecule is CC(/C=C(\[O-])c1ccccc1)=NCCN.O=N[O-].[Cu+2]. The number of hydrogen-bond donors (Lipinski definition) is 1. The minimum absolute atomic E-state index is 0. The van der Waals surface area contributed by atoms with E-state index in [1.807, 2.05) is 18.2 Å². The van der Waals surface area contributed by atoms with Gasteiger partial charge in [-0.3, -0.25) is 4.99 Å². The van der Waals surface area contributed by atoms with Crippen molar-refractivity contribution in [3.63, 3.8) is 0 Å². The molecule has 19 heavy (non-hydrogen) atoms. The van der Waals surface area contributed by atoms with E-state index in [1.54, 1.807) is 19.1 Å². The van der Waals surface area contributed by atoms with Gasteiger partial charge in [0, 0.05) is 12.3 Å². The summed E-state index contributed by atoms with van der Waals surface area (Å²) in [5.41, 5.74) is 6.71. The van der Waals surface area contributed by atoms with Gasteiger partial charge in [-0.15, -0.1) is 5.34 Å². The van der Waals surface area contributed by atoms with Crippen molar-refractivity contribution >= 4 is 11.5 Å². The fourth-order valence-corrected chi connectivity index (χ4v) is 1.16. The summed E-state index contributed by atoms with van der Waals surface area (Å²) >= 11 is 0. The zero-order chi connectivity index (χ0) is 13.8. The summed E-state index contributed by atoms with van der Waals surface area (Å²) in [5, 5.41) is 20.7. The van der Waals surface area contributed by atoms with Crippen LogP contribution in [-0.4, -0.2) is 18.8 Å². The third-order valence-electron chi connectivity index (χ3n) is 1.89. The Morgan fingerprint density at radius 1 is 1.37 bits per heavy atom. The Morgan fingerprint density at radius 2 is 1.89 bits per heavy atom. The van der Waals surface area contributed by atoms with Crippen LogP contribution in [0, 0.1) is 10.1 Å². The van der Waals surface area contributed by atoms with Gasteiger partial charge in [-0.2, -0.15) is 0 Å². The first-order chi connectivity index (χ1) is 8.65. The van der Waals surface area contributed by atoms with Gasteiger partial charge >= 0.3 is 17.1 Å². The maximum Gasteiger partial charge on any atom is 2.00 e. The van der Waals surface area contributed by atoms with Gasteiger partial charge < -0.3 is 21.0 Å². The van der Waals surface area contributed by atoms with Crippen molar-refractivity contribution in [3.05, 3.63) is 52.1 Å². The Kier molecular flexibility index (Phi) is 13.2. The Labute approximate surface area is 122 Å². The fraction of sp³-hybridized carbons (Fsp3) is 0.250. The fourth-order valence-electron chi connectivity index (χ4n) is 1.16. The van der Waals surface area contributed by atoms with E-state index in [-0.39, 0.29) is 22.8 Å². The average Bonchev–Trinajstić information content (AvgIpc) is 2.38. The minimum Gasteiger partial charge on any atom is -0.872 e. The number of nitrogens with zero attached hydrogens (tertiary/aromatic N) is 2. The molecule has 0 aliphatic rings. The van der Waals surface area contributed by atoms with Crippen molar-refractivity contribution in [2.45, 2.75) is 6.92 Å². The van der Waals surface area contributed by atoms with Crippen LogP contribution in [0.5, 0.6) is 0 Å². The normalized spacial score (nSPS) is 10.8. The van der Waals surface area contributed by atoms with E-state index in [1.165, 1.54) is 6.08 Å². The molecule has 0 saturated heterocycles. The molecule has 0 heterocycles. The molecule has 6 nitrogen and oxygen atoms in total. The average molecular weight is 313 g/mol. The van der Waals surface area contributed by atoms with E-state index in [2.05, 4.69) is 4.99 Å². The van der Waals surface area contributed by atoms with Crippen LogP contribution in [0.3, 0.4) is 0 Å². The molecule has 0 saturated carbocycles. The number of rotatable bonds is 4. The van der Waals surface area contributed by atoms with Crippen LogP contribution in [0.1, 0.15) is 12.5 Å². The summed E-state index contributed by atoms with van der Waals surface area (Å²) in [7, 11) is 0. The van der Waals surface area contributed by atoms with E-state index < -0.39 is 0 Å². The predicted molar refractivity (Wildman–Crippen MR) is 70.6 cm³/mol. The van der Waals surface area contributed by atoms with Crippen LogP contribution in [0.2, 0.25) is 0 Å². The van der Waals surface area contributed by atoms with Gasteiger partial charge in [-0.1, -0.05) is 36.1 Å². The van der Waals surface area contributed by atoms with E-state index in [0.29, 0.717) is 24.4 Å². The third-order valence-corrected chi connectivity index (χ3v) is 1.89. The third kappa shape index (κ3) is 9.96. The minimum atomic E-state index is -0.0196. The van der Waals surface area contributed by atoms with Crippen molar-refractivity contribution in [2.24, 2.45) is 16.1 Å². The van der Waals surface area contributed by atoms with E-state index >= 15 is 0 Å². The topological polar surface area (TPSA) is 114 Å². The number of nitrogens with two attached hydrogens (primary N) is 1. The molecule has 0 bridgehead atoms. The Bertz CT molecular complexity index is 408. The number of benzene rings is 1. The van der Waals surface area contributed by atoms with Gasteiger partial charge in [0.25, 0.3) is 0 Å². The first kappa shape index (κ1) is 19.6. The van der Waals surface area contributed by atoms with E-state index in [9.17, 15) is 5.11 Å². The van der Waals surface area contributed by atoms with Crippen LogP contribution < -0.4 is 10.8 Å². The van der Waals surface area contributed by atoms with Crippen LogP contribution in [0.4, 0.5) is 0 Å². The Balaban J connectivity index is 0. The quantitative estimate of drug-likeness (QED) is 0.294. The summed E-state index contributed by atoms with van der Waals surface area (Å²) in [6.45, 7) is 2.87. The zero-order valence-electron chi connectivity index (χ0n) is 10.4. The van der Waals surface area contributed by atoms with Gasteiger partial charge in [0.1, 0.15) is 0 Å². The number of aliphatic imine (C=N–C) groups is 1. The molecule has 0 aromatic heterocycles. The molecular weight excluding hydrogens is 298 g/mol. The molecule has 0 unspecified atom stereocenters. The summed E-state index contributed by atoms with van der Waals surface area (Å²) in [4.78, 5) is 12.1. The van der Waals surface area contributed by atoms with Gasteiger partial charge in [-0.25, -0.2) is 0 Å². The molecule has 0 aliphatic heterocycles. The van der Waals surface area contributed by atoms with Crippen LogP contribution in [0.15, 0.2) is 46.7 Å². The number of hydrogen-bond acceptors (Lipinski definition) is 6. The molecular formula is C12H15CuN3O3. The molecule has 1 radical (unpaired) electrons. The maximum atomic E-state index is 11.7. The molecule has 0 atom stereocenters. The van der Waals surface area contributed by atoms with E-state index in [4.69, 9.17) is 15.8 Å². The molecule has 0 aliphatic carbocycles. The largest absolute Gasteiger partial charge is 2.00 e. The number of allylic oxidation sites excluding steroid dienone is 1.